The Morgan fingerprint density at radius 1 is 1.32 bits per heavy atom. The second-order valence-corrected chi connectivity index (χ2v) is 7.19. The number of benzene rings is 1. The molecule has 1 aliphatic rings. The first-order valence-electron chi connectivity index (χ1n) is 8.42. The highest BCUT2D eigenvalue weighted by Gasteiger charge is 2.27. The van der Waals surface area contributed by atoms with Gasteiger partial charge in [0.15, 0.2) is 0 Å². The second-order valence-electron chi connectivity index (χ2n) is 7.19. The summed E-state index contributed by atoms with van der Waals surface area (Å²) in [5, 5.41) is 2.84. The van der Waals surface area contributed by atoms with Crippen LogP contribution in [0, 0.1) is 0 Å². The smallest absolute Gasteiger partial charge is 0.407 e. The Hall–Kier alpha value is -2.44. The van der Waals surface area contributed by atoms with Gasteiger partial charge in [0.1, 0.15) is 11.4 Å². The number of carbonyl (C=O) groups is 2. The highest BCUT2D eigenvalue weighted by Crippen LogP contribution is 2.23. The number of methoxy groups -OCH3 is 1. The van der Waals surface area contributed by atoms with Gasteiger partial charge in [0, 0.05) is 24.7 Å². The number of hydrogen-bond acceptors (Lipinski definition) is 5. The third-order valence-electron chi connectivity index (χ3n) is 3.91. The number of alkyl carbamates (subject to hydrolysis) is 1. The molecule has 138 valence electrons. The SMILES string of the molecule is COc1ccc(C(=O)N2CCCC(NC(=O)OC(C)(C)C)C2)cc1N. The van der Waals surface area contributed by atoms with E-state index in [2.05, 4.69) is 5.32 Å². The summed E-state index contributed by atoms with van der Waals surface area (Å²) in [7, 11) is 1.53. The molecule has 0 radical (unpaired) electrons. The van der Waals surface area contributed by atoms with Crippen LogP contribution in [-0.4, -0.2) is 48.7 Å². The summed E-state index contributed by atoms with van der Waals surface area (Å²) in [6.07, 6.45) is 1.17. The van der Waals surface area contributed by atoms with Gasteiger partial charge in [0.2, 0.25) is 0 Å². The molecule has 1 aromatic rings. The Morgan fingerprint density at radius 2 is 2.04 bits per heavy atom. The van der Waals surface area contributed by atoms with Crippen LogP contribution in [0.5, 0.6) is 5.75 Å². The van der Waals surface area contributed by atoms with E-state index in [0.29, 0.717) is 30.1 Å². The number of piperidine rings is 1. The third-order valence-corrected chi connectivity index (χ3v) is 3.91. The normalized spacial score (nSPS) is 17.8. The molecule has 0 aliphatic carbocycles. The fraction of sp³-hybridized carbons (Fsp3) is 0.556. The van der Waals surface area contributed by atoms with Gasteiger partial charge in [-0.25, -0.2) is 4.79 Å². The lowest BCUT2D eigenvalue weighted by molar-refractivity contribution is 0.0452. The number of anilines is 1. The largest absolute Gasteiger partial charge is 0.495 e. The van der Waals surface area contributed by atoms with E-state index in [0.717, 1.165) is 12.8 Å². The fourth-order valence-corrected chi connectivity index (χ4v) is 2.80. The van der Waals surface area contributed by atoms with Gasteiger partial charge in [0.05, 0.1) is 12.8 Å². The molecule has 3 N–H and O–H groups in total. The fourth-order valence-electron chi connectivity index (χ4n) is 2.80. The average molecular weight is 349 g/mol. The topological polar surface area (TPSA) is 93.9 Å². The van der Waals surface area contributed by atoms with Crippen molar-refractivity contribution in [2.75, 3.05) is 25.9 Å². The number of rotatable bonds is 3. The zero-order chi connectivity index (χ0) is 18.6. The van der Waals surface area contributed by atoms with E-state index >= 15 is 0 Å². The maximum absolute atomic E-state index is 12.7. The summed E-state index contributed by atoms with van der Waals surface area (Å²) in [6.45, 7) is 6.55. The summed E-state index contributed by atoms with van der Waals surface area (Å²) in [4.78, 5) is 26.3. The number of hydrogen-bond donors (Lipinski definition) is 2. The van der Waals surface area contributed by atoms with Crippen LogP contribution in [0.4, 0.5) is 10.5 Å². The maximum atomic E-state index is 12.7. The van der Waals surface area contributed by atoms with Gasteiger partial charge in [-0.2, -0.15) is 0 Å². The molecule has 1 unspecified atom stereocenters. The molecular weight excluding hydrogens is 322 g/mol. The number of nitrogen functional groups attached to an aromatic ring is 1. The van der Waals surface area contributed by atoms with Gasteiger partial charge in [-0.15, -0.1) is 0 Å². The van der Waals surface area contributed by atoms with Gasteiger partial charge in [0.25, 0.3) is 5.91 Å². The molecule has 1 aromatic carbocycles. The zero-order valence-electron chi connectivity index (χ0n) is 15.3. The molecule has 25 heavy (non-hydrogen) atoms. The molecule has 1 heterocycles. The van der Waals surface area contributed by atoms with Crippen LogP contribution in [0.3, 0.4) is 0 Å². The number of nitrogens with two attached hydrogens (primary N) is 1. The van der Waals surface area contributed by atoms with Crippen LogP contribution in [0.25, 0.3) is 0 Å². The number of carbonyl (C=O) groups excluding carboxylic acids is 2. The first-order valence-corrected chi connectivity index (χ1v) is 8.42. The van der Waals surface area contributed by atoms with Crippen LogP contribution in [0.1, 0.15) is 44.0 Å². The van der Waals surface area contributed by atoms with Gasteiger partial charge in [-0.3, -0.25) is 4.79 Å². The molecule has 1 saturated heterocycles. The minimum Gasteiger partial charge on any atom is -0.495 e. The van der Waals surface area contributed by atoms with E-state index in [1.165, 1.54) is 7.11 Å². The van der Waals surface area contributed by atoms with Crippen LogP contribution in [-0.2, 0) is 4.74 Å². The Kier molecular flexibility index (Phi) is 5.77. The van der Waals surface area contributed by atoms with Gasteiger partial charge in [-0.1, -0.05) is 0 Å². The summed E-state index contributed by atoms with van der Waals surface area (Å²) in [5.41, 5.74) is 6.27. The predicted octanol–water partition coefficient (Wildman–Crippen LogP) is 2.41. The molecule has 1 aliphatic heterocycles. The minimum atomic E-state index is -0.547. The molecule has 7 nitrogen and oxygen atoms in total. The highest BCUT2D eigenvalue weighted by molar-refractivity contribution is 5.95. The average Bonchev–Trinajstić information content (AvgIpc) is 2.52. The molecule has 7 heteroatoms. The monoisotopic (exact) mass is 349 g/mol. The number of nitrogens with one attached hydrogen (secondary N) is 1. The van der Waals surface area contributed by atoms with Crippen LogP contribution < -0.4 is 15.8 Å². The summed E-state index contributed by atoms with van der Waals surface area (Å²) in [6, 6.07) is 4.88. The standard InChI is InChI=1S/C18H27N3O4/c1-18(2,3)25-17(23)20-13-6-5-9-21(11-13)16(22)12-7-8-15(24-4)14(19)10-12/h7-8,10,13H,5-6,9,11,19H2,1-4H3,(H,20,23). The van der Waals surface area contributed by atoms with Crippen LogP contribution >= 0.6 is 0 Å². The maximum Gasteiger partial charge on any atom is 0.407 e. The van der Waals surface area contributed by atoms with E-state index in [4.69, 9.17) is 15.2 Å². The number of likely N-dealkylation sites (tertiary alicyclic amines) is 1. The third kappa shape index (κ3) is 5.27. The molecule has 0 saturated carbocycles. The molecule has 0 spiro atoms. The van der Waals surface area contributed by atoms with Crippen molar-refractivity contribution in [3.05, 3.63) is 23.8 Å². The summed E-state index contributed by atoms with van der Waals surface area (Å²) >= 11 is 0. The van der Waals surface area contributed by atoms with Crippen molar-refractivity contribution in [1.82, 2.24) is 10.2 Å². The first kappa shape index (κ1) is 18.9. The van der Waals surface area contributed by atoms with Gasteiger partial charge >= 0.3 is 6.09 Å². The summed E-state index contributed by atoms with van der Waals surface area (Å²) < 4.78 is 10.4. The van der Waals surface area contributed by atoms with Crippen molar-refractivity contribution in [2.45, 2.75) is 45.3 Å². The van der Waals surface area contributed by atoms with E-state index < -0.39 is 11.7 Å². The highest BCUT2D eigenvalue weighted by atomic mass is 16.6. The second kappa shape index (κ2) is 7.63. The number of nitrogens with zero attached hydrogens (tertiary/aromatic N) is 1. The lowest BCUT2D eigenvalue weighted by atomic mass is 10.0. The molecule has 0 aromatic heterocycles. The lowest BCUT2D eigenvalue weighted by Gasteiger charge is -2.33. The quantitative estimate of drug-likeness (QED) is 0.817. The Morgan fingerprint density at radius 3 is 2.64 bits per heavy atom. The zero-order valence-corrected chi connectivity index (χ0v) is 15.3. The number of amides is 2. The van der Waals surface area contributed by atoms with E-state index in [-0.39, 0.29) is 11.9 Å². The molecule has 1 fully saturated rings. The van der Waals surface area contributed by atoms with Crippen molar-refractivity contribution in [2.24, 2.45) is 0 Å². The van der Waals surface area contributed by atoms with Crippen molar-refractivity contribution in [1.29, 1.82) is 0 Å². The van der Waals surface area contributed by atoms with E-state index in [1.54, 1.807) is 23.1 Å². The van der Waals surface area contributed by atoms with Crippen molar-refractivity contribution >= 4 is 17.7 Å². The van der Waals surface area contributed by atoms with Crippen LogP contribution in [0.2, 0.25) is 0 Å². The van der Waals surface area contributed by atoms with Crippen LogP contribution in [0.15, 0.2) is 18.2 Å². The van der Waals surface area contributed by atoms with Crippen molar-refractivity contribution < 1.29 is 19.1 Å². The molecule has 1 atom stereocenters. The number of ether oxygens (including phenoxy) is 2. The molecular formula is C18H27N3O4. The van der Waals surface area contributed by atoms with E-state index in [9.17, 15) is 9.59 Å². The van der Waals surface area contributed by atoms with Crippen molar-refractivity contribution in [3.63, 3.8) is 0 Å². The van der Waals surface area contributed by atoms with E-state index in [1.807, 2.05) is 20.8 Å². The summed E-state index contributed by atoms with van der Waals surface area (Å²) in [5.74, 6) is 0.435. The minimum absolute atomic E-state index is 0.106. The Labute approximate surface area is 148 Å². The van der Waals surface area contributed by atoms with Crippen molar-refractivity contribution in [3.8, 4) is 5.75 Å². The van der Waals surface area contributed by atoms with Gasteiger partial charge in [-0.05, 0) is 51.8 Å². The Bertz CT molecular complexity index is 640. The lowest BCUT2D eigenvalue weighted by Crippen LogP contribution is -2.50. The molecule has 2 amide bonds. The first-order chi connectivity index (χ1) is 11.7. The molecule has 0 bridgehead atoms. The predicted molar refractivity (Wildman–Crippen MR) is 95.7 cm³/mol. The Balaban J connectivity index is 1.99. The molecule has 2 rings (SSSR count). The van der Waals surface area contributed by atoms with Gasteiger partial charge < -0.3 is 25.4 Å².